The predicted octanol–water partition coefficient (Wildman–Crippen LogP) is 2.04. The van der Waals surface area contributed by atoms with Crippen molar-refractivity contribution in [2.75, 3.05) is 19.0 Å². The molecule has 0 aliphatic heterocycles. The van der Waals surface area contributed by atoms with Crippen molar-refractivity contribution in [3.05, 3.63) is 21.1 Å². The molecule has 1 atom stereocenters. The van der Waals surface area contributed by atoms with Crippen molar-refractivity contribution in [2.24, 2.45) is 5.73 Å². The molecule has 0 fully saturated rings. The Morgan fingerprint density at radius 2 is 2.18 bits per heavy atom. The molecule has 0 aromatic heterocycles. The predicted molar refractivity (Wildman–Crippen MR) is 72.5 cm³/mol. The number of ether oxygens (including phenoxy) is 1. The Labute approximate surface area is 116 Å². The number of methoxy groups -OCH3 is 1. The van der Waals surface area contributed by atoms with Gasteiger partial charge in [0.25, 0.3) is 0 Å². The largest absolute Gasteiger partial charge is 0.495 e. The third kappa shape index (κ3) is 3.86. The fourth-order valence-corrected chi connectivity index (χ4v) is 2.42. The highest BCUT2D eigenvalue weighted by molar-refractivity contribution is 9.11. The van der Waals surface area contributed by atoms with Gasteiger partial charge in [0, 0.05) is 17.1 Å². The minimum Gasteiger partial charge on any atom is -0.495 e. The summed E-state index contributed by atoms with van der Waals surface area (Å²) in [6.07, 6.45) is 0. The fraction of sp³-hybridized carbons (Fsp3) is 0.300. The first-order valence-corrected chi connectivity index (χ1v) is 6.29. The van der Waals surface area contributed by atoms with Crippen LogP contribution in [0.4, 0.5) is 5.69 Å². The number of carboxylic acids is 1. The fourth-order valence-electron chi connectivity index (χ4n) is 1.13. The maximum atomic E-state index is 10.6. The van der Waals surface area contributed by atoms with Gasteiger partial charge in [-0.05, 0) is 37.9 Å². The average Bonchev–Trinajstić information content (AvgIpc) is 2.27. The summed E-state index contributed by atoms with van der Waals surface area (Å²) in [7, 11) is 1.56. The van der Waals surface area contributed by atoms with Gasteiger partial charge in [0.2, 0.25) is 0 Å². The van der Waals surface area contributed by atoms with E-state index in [1.165, 1.54) is 0 Å². The lowest BCUT2D eigenvalue weighted by molar-refractivity contribution is -0.138. The van der Waals surface area contributed by atoms with E-state index in [0.717, 1.165) is 14.6 Å². The molecule has 1 unspecified atom stereocenters. The molecule has 94 valence electrons. The summed E-state index contributed by atoms with van der Waals surface area (Å²) < 4.78 is 6.74. The zero-order valence-corrected chi connectivity index (χ0v) is 12.2. The van der Waals surface area contributed by atoms with Crippen molar-refractivity contribution >= 4 is 43.5 Å². The van der Waals surface area contributed by atoms with Crippen LogP contribution in [0.25, 0.3) is 0 Å². The van der Waals surface area contributed by atoms with Crippen LogP contribution in [-0.4, -0.2) is 30.8 Å². The van der Waals surface area contributed by atoms with Gasteiger partial charge >= 0.3 is 5.97 Å². The van der Waals surface area contributed by atoms with E-state index in [4.69, 9.17) is 15.6 Å². The van der Waals surface area contributed by atoms with Gasteiger partial charge in [0.15, 0.2) is 0 Å². The summed E-state index contributed by atoms with van der Waals surface area (Å²) in [5.41, 5.74) is 6.12. The molecule has 1 aromatic rings. The van der Waals surface area contributed by atoms with E-state index in [1.807, 2.05) is 6.07 Å². The molecule has 1 rings (SSSR count). The van der Waals surface area contributed by atoms with Gasteiger partial charge in [-0.3, -0.25) is 4.79 Å². The number of carbonyl (C=O) groups is 1. The minimum atomic E-state index is -1.04. The van der Waals surface area contributed by atoms with E-state index in [2.05, 4.69) is 37.2 Å². The summed E-state index contributed by atoms with van der Waals surface area (Å²) >= 11 is 6.70. The Kier molecular flexibility index (Phi) is 5.23. The highest BCUT2D eigenvalue weighted by atomic mass is 79.9. The topological polar surface area (TPSA) is 84.6 Å². The van der Waals surface area contributed by atoms with E-state index in [9.17, 15) is 4.79 Å². The molecule has 0 saturated heterocycles. The molecule has 0 spiro atoms. The number of halogens is 2. The molecule has 0 amide bonds. The van der Waals surface area contributed by atoms with Crippen LogP contribution in [0, 0.1) is 0 Å². The van der Waals surface area contributed by atoms with Gasteiger partial charge in [-0.1, -0.05) is 0 Å². The third-order valence-corrected chi connectivity index (χ3v) is 3.35. The first-order valence-electron chi connectivity index (χ1n) is 4.71. The van der Waals surface area contributed by atoms with Crippen molar-refractivity contribution < 1.29 is 14.6 Å². The molecular weight excluding hydrogens is 356 g/mol. The van der Waals surface area contributed by atoms with Gasteiger partial charge in [0.05, 0.1) is 17.3 Å². The molecule has 0 radical (unpaired) electrons. The lowest BCUT2D eigenvalue weighted by atomic mass is 10.2. The molecule has 0 bridgehead atoms. The van der Waals surface area contributed by atoms with Crippen molar-refractivity contribution in [1.29, 1.82) is 0 Å². The number of anilines is 1. The summed E-state index contributed by atoms with van der Waals surface area (Å²) in [5, 5.41) is 11.6. The number of hydrogen-bond acceptors (Lipinski definition) is 4. The average molecular weight is 368 g/mol. The molecule has 5 nitrogen and oxygen atoms in total. The van der Waals surface area contributed by atoms with Gasteiger partial charge in [0.1, 0.15) is 11.8 Å². The SMILES string of the molecule is COc1cc(NCC(N)C(=O)O)c(Br)cc1Br. The van der Waals surface area contributed by atoms with Crippen molar-refractivity contribution in [3.8, 4) is 5.75 Å². The zero-order chi connectivity index (χ0) is 13.0. The number of aliphatic carboxylic acids is 1. The van der Waals surface area contributed by atoms with Crippen LogP contribution < -0.4 is 15.8 Å². The van der Waals surface area contributed by atoms with E-state index >= 15 is 0 Å². The second-order valence-electron chi connectivity index (χ2n) is 3.29. The first kappa shape index (κ1) is 14.3. The van der Waals surface area contributed by atoms with Crippen LogP contribution >= 0.6 is 31.9 Å². The number of rotatable bonds is 5. The Morgan fingerprint density at radius 3 is 2.71 bits per heavy atom. The maximum Gasteiger partial charge on any atom is 0.322 e. The van der Waals surface area contributed by atoms with Crippen molar-refractivity contribution in [1.82, 2.24) is 0 Å². The number of nitrogens with one attached hydrogen (secondary N) is 1. The molecule has 0 aliphatic rings. The Balaban J connectivity index is 2.80. The summed E-state index contributed by atoms with van der Waals surface area (Å²) in [4.78, 5) is 10.6. The normalized spacial score (nSPS) is 12.0. The van der Waals surface area contributed by atoms with Crippen LogP contribution in [0.1, 0.15) is 0 Å². The van der Waals surface area contributed by atoms with Crippen LogP contribution in [0.5, 0.6) is 5.75 Å². The zero-order valence-electron chi connectivity index (χ0n) is 9.04. The number of carboxylic acid groups (broad SMARTS) is 1. The highest BCUT2D eigenvalue weighted by Gasteiger charge is 2.12. The number of nitrogens with two attached hydrogens (primary N) is 1. The van der Waals surface area contributed by atoms with E-state index < -0.39 is 12.0 Å². The van der Waals surface area contributed by atoms with E-state index in [0.29, 0.717) is 5.75 Å². The lowest BCUT2D eigenvalue weighted by Gasteiger charge is -2.13. The molecule has 4 N–H and O–H groups in total. The highest BCUT2D eigenvalue weighted by Crippen LogP contribution is 2.34. The van der Waals surface area contributed by atoms with Crippen LogP contribution in [-0.2, 0) is 4.79 Å². The Hall–Kier alpha value is -0.790. The van der Waals surface area contributed by atoms with Gasteiger partial charge < -0.3 is 20.9 Å². The molecule has 0 aliphatic carbocycles. The second-order valence-corrected chi connectivity index (χ2v) is 5.00. The molecule has 0 heterocycles. The number of hydrogen-bond donors (Lipinski definition) is 3. The van der Waals surface area contributed by atoms with Gasteiger partial charge in [-0.2, -0.15) is 0 Å². The quantitative estimate of drug-likeness (QED) is 0.741. The molecule has 0 saturated carbocycles. The second kappa shape index (κ2) is 6.23. The van der Waals surface area contributed by atoms with Crippen molar-refractivity contribution in [2.45, 2.75) is 6.04 Å². The Morgan fingerprint density at radius 1 is 1.53 bits per heavy atom. The molecular formula is C10H12Br2N2O3. The van der Waals surface area contributed by atoms with Crippen LogP contribution in [0.3, 0.4) is 0 Å². The van der Waals surface area contributed by atoms with Crippen molar-refractivity contribution in [3.63, 3.8) is 0 Å². The first-order chi connectivity index (χ1) is 7.95. The minimum absolute atomic E-state index is 0.138. The summed E-state index contributed by atoms with van der Waals surface area (Å²) in [5.74, 6) is -0.391. The maximum absolute atomic E-state index is 10.6. The third-order valence-electron chi connectivity index (χ3n) is 2.07. The molecule has 1 aromatic carbocycles. The summed E-state index contributed by atoms with van der Waals surface area (Å²) in [6.45, 7) is 0.138. The summed E-state index contributed by atoms with van der Waals surface area (Å²) in [6, 6.07) is 2.62. The molecule has 7 heteroatoms. The monoisotopic (exact) mass is 366 g/mol. The van der Waals surface area contributed by atoms with Crippen LogP contribution in [0.15, 0.2) is 21.1 Å². The smallest absolute Gasteiger partial charge is 0.322 e. The van der Waals surface area contributed by atoms with Gasteiger partial charge in [-0.15, -0.1) is 0 Å². The van der Waals surface area contributed by atoms with Gasteiger partial charge in [-0.25, -0.2) is 0 Å². The Bertz CT molecular complexity index is 426. The van der Waals surface area contributed by atoms with Crippen LogP contribution in [0.2, 0.25) is 0 Å². The van der Waals surface area contributed by atoms with E-state index in [1.54, 1.807) is 13.2 Å². The lowest BCUT2D eigenvalue weighted by Crippen LogP contribution is -2.37. The van der Waals surface area contributed by atoms with E-state index in [-0.39, 0.29) is 6.54 Å². The standard InChI is InChI=1S/C10H12Br2N2O3/c1-17-9-3-8(5(11)2-6(9)12)14-4-7(13)10(15)16/h2-3,7,14H,4,13H2,1H3,(H,15,16). The number of benzene rings is 1. The molecule has 17 heavy (non-hydrogen) atoms.